The van der Waals surface area contributed by atoms with Crippen molar-refractivity contribution in [3.8, 4) is 0 Å². The van der Waals surface area contributed by atoms with Gasteiger partial charge >= 0.3 is 0 Å². The maximum absolute atomic E-state index is 5.35. The van der Waals surface area contributed by atoms with E-state index in [0.29, 0.717) is 11.9 Å². The van der Waals surface area contributed by atoms with Crippen molar-refractivity contribution >= 4 is 27.5 Å². The molecule has 0 aromatic carbocycles. The number of nitrogens with one attached hydrogen (secondary N) is 1. The van der Waals surface area contributed by atoms with Gasteiger partial charge < -0.3 is 10.1 Å². The standard InChI is InChI=1S/C12H15BrN4O/c13-10-1-2-11-15-12(16-17(11)7-10)14-5-3-9-4-6-18-8-9/h1-2,7,9H,3-6,8H2,(H,14,16). The number of ether oxygens (including phenoxy) is 1. The molecule has 1 fully saturated rings. The Morgan fingerprint density at radius 1 is 1.50 bits per heavy atom. The fourth-order valence-electron chi connectivity index (χ4n) is 2.13. The quantitative estimate of drug-likeness (QED) is 0.941. The van der Waals surface area contributed by atoms with E-state index in [9.17, 15) is 0 Å². The van der Waals surface area contributed by atoms with Crippen molar-refractivity contribution in [1.29, 1.82) is 0 Å². The number of anilines is 1. The first-order valence-corrected chi connectivity index (χ1v) is 6.94. The Hall–Kier alpha value is -1.14. The molecule has 1 unspecified atom stereocenters. The summed E-state index contributed by atoms with van der Waals surface area (Å²) in [5.41, 5.74) is 0.852. The molecule has 0 saturated carbocycles. The van der Waals surface area contributed by atoms with Gasteiger partial charge in [-0.3, -0.25) is 0 Å². The lowest BCUT2D eigenvalue weighted by Gasteiger charge is -2.06. The largest absolute Gasteiger partial charge is 0.381 e. The van der Waals surface area contributed by atoms with Crippen LogP contribution in [-0.2, 0) is 4.74 Å². The molecule has 2 aromatic heterocycles. The van der Waals surface area contributed by atoms with Crippen LogP contribution in [0.2, 0.25) is 0 Å². The third-order valence-electron chi connectivity index (χ3n) is 3.15. The van der Waals surface area contributed by atoms with E-state index in [1.54, 1.807) is 4.52 Å². The van der Waals surface area contributed by atoms with Gasteiger partial charge in [0, 0.05) is 30.4 Å². The van der Waals surface area contributed by atoms with Crippen molar-refractivity contribution in [3.63, 3.8) is 0 Å². The van der Waals surface area contributed by atoms with E-state index in [1.807, 2.05) is 18.3 Å². The Bertz CT molecular complexity index is 536. The molecule has 1 N–H and O–H groups in total. The maximum Gasteiger partial charge on any atom is 0.243 e. The average Bonchev–Trinajstić information content (AvgIpc) is 2.97. The Labute approximate surface area is 114 Å². The Kier molecular flexibility index (Phi) is 3.47. The predicted octanol–water partition coefficient (Wildman–Crippen LogP) is 2.33. The molecule has 6 heteroatoms. The van der Waals surface area contributed by atoms with Crippen LogP contribution in [0.3, 0.4) is 0 Å². The third kappa shape index (κ3) is 2.64. The molecule has 0 bridgehead atoms. The van der Waals surface area contributed by atoms with Crippen LogP contribution in [0.25, 0.3) is 5.65 Å². The van der Waals surface area contributed by atoms with Crippen LogP contribution in [0, 0.1) is 5.92 Å². The molecule has 3 heterocycles. The molecule has 0 aliphatic carbocycles. The maximum atomic E-state index is 5.35. The molecule has 1 saturated heterocycles. The van der Waals surface area contributed by atoms with Gasteiger partial charge in [-0.1, -0.05) is 0 Å². The second-order valence-electron chi connectivity index (χ2n) is 4.53. The van der Waals surface area contributed by atoms with Crippen LogP contribution in [0.5, 0.6) is 0 Å². The number of hydrogen-bond acceptors (Lipinski definition) is 4. The van der Waals surface area contributed by atoms with E-state index in [-0.39, 0.29) is 0 Å². The Morgan fingerprint density at radius 2 is 2.44 bits per heavy atom. The molecule has 0 amide bonds. The summed E-state index contributed by atoms with van der Waals surface area (Å²) in [5.74, 6) is 1.37. The van der Waals surface area contributed by atoms with Crippen LogP contribution < -0.4 is 5.32 Å². The normalized spacial score (nSPS) is 19.5. The lowest BCUT2D eigenvalue weighted by atomic mass is 10.1. The number of nitrogens with zero attached hydrogens (tertiary/aromatic N) is 3. The van der Waals surface area contributed by atoms with Gasteiger partial charge in [-0.2, -0.15) is 4.98 Å². The number of fused-ring (bicyclic) bond motifs is 1. The zero-order valence-corrected chi connectivity index (χ0v) is 11.6. The number of halogens is 1. The van der Waals surface area contributed by atoms with E-state index in [4.69, 9.17) is 4.74 Å². The summed E-state index contributed by atoms with van der Waals surface area (Å²) in [6, 6.07) is 3.90. The molecule has 1 atom stereocenters. The van der Waals surface area contributed by atoms with Gasteiger partial charge in [0.15, 0.2) is 5.65 Å². The van der Waals surface area contributed by atoms with E-state index in [1.165, 1.54) is 6.42 Å². The van der Waals surface area contributed by atoms with Crippen LogP contribution in [0.1, 0.15) is 12.8 Å². The van der Waals surface area contributed by atoms with Crippen molar-refractivity contribution in [3.05, 3.63) is 22.8 Å². The van der Waals surface area contributed by atoms with Crippen LogP contribution in [0.15, 0.2) is 22.8 Å². The molecule has 2 aromatic rings. The summed E-state index contributed by atoms with van der Waals surface area (Å²) in [4.78, 5) is 4.41. The minimum absolute atomic E-state index is 0.684. The second-order valence-corrected chi connectivity index (χ2v) is 5.45. The Morgan fingerprint density at radius 3 is 3.28 bits per heavy atom. The topological polar surface area (TPSA) is 51.5 Å². The molecule has 3 rings (SSSR count). The highest BCUT2D eigenvalue weighted by Crippen LogP contribution is 2.16. The molecule has 18 heavy (non-hydrogen) atoms. The highest BCUT2D eigenvalue weighted by atomic mass is 79.9. The molecule has 5 nitrogen and oxygen atoms in total. The lowest BCUT2D eigenvalue weighted by Crippen LogP contribution is -2.09. The third-order valence-corrected chi connectivity index (χ3v) is 3.62. The van der Waals surface area contributed by atoms with Gasteiger partial charge in [0.25, 0.3) is 0 Å². The smallest absolute Gasteiger partial charge is 0.243 e. The molecule has 1 aliphatic rings. The average molecular weight is 311 g/mol. The SMILES string of the molecule is Brc1ccc2nc(NCCC3CCOC3)nn2c1. The van der Waals surface area contributed by atoms with Gasteiger partial charge in [-0.15, -0.1) is 5.10 Å². The first-order chi connectivity index (χ1) is 8.81. The predicted molar refractivity (Wildman–Crippen MR) is 72.7 cm³/mol. The van der Waals surface area contributed by atoms with Crippen LogP contribution in [-0.4, -0.2) is 34.4 Å². The molecule has 0 radical (unpaired) electrons. The first kappa shape index (κ1) is 11.9. The number of hydrogen-bond donors (Lipinski definition) is 1. The molecule has 0 spiro atoms. The zero-order valence-electron chi connectivity index (χ0n) is 9.97. The lowest BCUT2D eigenvalue weighted by molar-refractivity contribution is 0.185. The molecular weight excluding hydrogens is 296 g/mol. The van der Waals surface area contributed by atoms with Gasteiger partial charge in [0.1, 0.15) is 0 Å². The van der Waals surface area contributed by atoms with Gasteiger partial charge in [-0.25, -0.2) is 4.52 Å². The fourth-order valence-corrected chi connectivity index (χ4v) is 2.46. The zero-order chi connectivity index (χ0) is 12.4. The molecule has 1 aliphatic heterocycles. The highest BCUT2D eigenvalue weighted by molar-refractivity contribution is 9.10. The van der Waals surface area contributed by atoms with E-state index in [2.05, 4.69) is 31.3 Å². The van der Waals surface area contributed by atoms with Crippen LogP contribution in [0.4, 0.5) is 5.95 Å². The summed E-state index contributed by atoms with van der Waals surface area (Å²) in [6.45, 7) is 2.70. The molecular formula is C12H15BrN4O. The fraction of sp³-hybridized carbons (Fsp3) is 0.500. The second kappa shape index (κ2) is 5.24. The van der Waals surface area contributed by atoms with E-state index >= 15 is 0 Å². The summed E-state index contributed by atoms with van der Waals surface area (Å²) in [5, 5.41) is 7.64. The number of pyridine rings is 1. The van der Waals surface area contributed by atoms with Crippen molar-refractivity contribution in [2.45, 2.75) is 12.8 Å². The Balaban J connectivity index is 1.60. The van der Waals surface area contributed by atoms with E-state index in [0.717, 1.165) is 36.3 Å². The summed E-state index contributed by atoms with van der Waals surface area (Å²) in [6.07, 6.45) is 4.19. The first-order valence-electron chi connectivity index (χ1n) is 6.15. The van der Waals surface area contributed by atoms with Gasteiger partial charge in [0.05, 0.1) is 0 Å². The minimum Gasteiger partial charge on any atom is -0.381 e. The molecule has 96 valence electrons. The van der Waals surface area contributed by atoms with Gasteiger partial charge in [0.2, 0.25) is 5.95 Å². The van der Waals surface area contributed by atoms with Crippen molar-refractivity contribution < 1.29 is 4.74 Å². The monoisotopic (exact) mass is 310 g/mol. The number of rotatable bonds is 4. The summed E-state index contributed by atoms with van der Waals surface area (Å²) in [7, 11) is 0. The van der Waals surface area contributed by atoms with Crippen LogP contribution >= 0.6 is 15.9 Å². The highest BCUT2D eigenvalue weighted by Gasteiger charge is 2.15. The van der Waals surface area contributed by atoms with Gasteiger partial charge in [-0.05, 0) is 46.8 Å². The van der Waals surface area contributed by atoms with Crippen molar-refractivity contribution in [1.82, 2.24) is 14.6 Å². The van der Waals surface area contributed by atoms with Crippen molar-refractivity contribution in [2.24, 2.45) is 5.92 Å². The minimum atomic E-state index is 0.684. The number of aromatic nitrogens is 3. The van der Waals surface area contributed by atoms with E-state index < -0.39 is 0 Å². The van der Waals surface area contributed by atoms with Crippen molar-refractivity contribution in [2.75, 3.05) is 25.1 Å². The summed E-state index contributed by atoms with van der Waals surface area (Å²) >= 11 is 3.42. The summed E-state index contributed by atoms with van der Waals surface area (Å²) < 4.78 is 8.12.